The molecule has 0 radical (unpaired) electrons. The molecule has 2 aromatic heterocycles. The van der Waals surface area contributed by atoms with Crippen LogP contribution in [-0.4, -0.2) is 19.6 Å². The molecule has 2 heterocycles. The normalized spacial score (nSPS) is 24.2. The molecule has 2 aliphatic carbocycles. The second kappa shape index (κ2) is 6.68. The van der Waals surface area contributed by atoms with Gasteiger partial charge in [-0.2, -0.15) is 0 Å². The lowest BCUT2D eigenvalue weighted by Crippen LogP contribution is -2.22. The fourth-order valence-corrected chi connectivity index (χ4v) is 4.88. The van der Waals surface area contributed by atoms with E-state index in [-0.39, 0.29) is 5.92 Å². The number of phenolic OH excluding ortho intramolecular Hbond substituents is 1. The van der Waals surface area contributed by atoms with Gasteiger partial charge in [-0.05, 0) is 79.5 Å². The summed E-state index contributed by atoms with van der Waals surface area (Å²) >= 11 is 0. The topological polar surface area (TPSA) is 57.8 Å². The molecule has 27 heavy (non-hydrogen) atoms. The highest BCUT2D eigenvalue weighted by Gasteiger charge is 2.34. The van der Waals surface area contributed by atoms with Crippen molar-refractivity contribution in [3.8, 4) is 5.75 Å². The van der Waals surface area contributed by atoms with Gasteiger partial charge in [0.25, 0.3) is 0 Å². The van der Waals surface area contributed by atoms with E-state index in [2.05, 4.69) is 21.5 Å². The number of fused-ring (bicyclic) bond motifs is 1. The van der Waals surface area contributed by atoms with Crippen LogP contribution in [-0.2, 0) is 0 Å². The maximum Gasteiger partial charge on any atom is 0.119 e. The summed E-state index contributed by atoms with van der Waals surface area (Å²) in [4.78, 5) is 4.30. The molecule has 0 unspecified atom stereocenters. The van der Waals surface area contributed by atoms with Gasteiger partial charge in [0.2, 0.25) is 0 Å². The molecular formula is C23H26N2O2. The zero-order valence-corrected chi connectivity index (χ0v) is 15.5. The maximum absolute atomic E-state index is 11.3. The third-order valence-electron chi connectivity index (χ3n) is 6.55. The average molecular weight is 362 g/mol. The van der Waals surface area contributed by atoms with E-state index in [1.807, 2.05) is 30.7 Å². The number of rotatable bonds is 4. The van der Waals surface area contributed by atoms with Gasteiger partial charge in [-0.15, -0.1) is 0 Å². The van der Waals surface area contributed by atoms with E-state index in [0.717, 1.165) is 42.5 Å². The number of pyridine rings is 1. The molecular weight excluding hydrogens is 336 g/mol. The van der Waals surface area contributed by atoms with E-state index >= 15 is 0 Å². The Bertz CT molecular complexity index is 952. The molecule has 3 aromatic rings. The lowest BCUT2D eigenvalue weighted by molar-refractivity contribution is 0.0753. The number of aromatic hydroxyl groups is 1. The molecule has 0 aliphatic heterocycles. The molecule has 4 nitrogen and oxygen atoms in total. The van der Waals surface area contributed by atoms with Gasteiger partial charge in [-0.1, -0.05) is 24.3 Å². The van der Waals surface area contributed by atoms with Crippen LogP contribution >= 0.6 is 0 Å². The summed E-state index contributed by atoms with van der Waals surface area (Å²) in [7, 11) is 0. The fourth-order valence-electron chi connectivity index (χ4n) is 4.88. The predicted molar refractivity (Wildman–Crippen MR) is 105 cm³/mol. The van der Waals surface area contributed by atoms with E-state index < -0.39 is 6.10 Å². The van der Waals surface area contributed by atoms with Gasteiger partial charge < -0.3 is 14.6 Å². The monoisotopic (exact) mass is 362 g/mol. The molecule has 2 aliphatic rings. The zero-order chi connectivity index (χ0) is 18.4. The van der Waals surface area contributed by atoms with Crippen LogP contribution in [0, 0.1) is 5.92 Å². The van der Waals surface area contributed by atoms with E-state index in [1.54, 1.807) is 6.07 Å². The van der Waals surface area contributed by atoms with Gasteiger partial charge in [0.05, 0.1) is 29.8 Å². The maximum atomic E-state index is 11.3. The predicted octanol–water partition coefficient (Wildman–Crippen LogP) is 4.92. The van der Waals surface area contributed by atoms with Gasteiger partial charge in [-0.25, -0.2) is 4.98 Å². The highest BCUT2D eigenvalue weighted by Crippen LogP contribution is 2.47. The Morgan fingerprint density at radius 3 is 2.33 bits per heavy atom. The first-order chi connectivity index (χ1) is 13.2. The first-order valence-corrected chi connectivity index (χ1v) is 10.1. The molecule has 4 heteroatoms. The SMILES string of the molecule is Oc1ccccc1[C@H]1CC[C@H]([C@@H](O)c2c(C3CC3)ccc3cncn23)CC1. The Balaban J connectivity index is 1.39. The molecule has 1 atom stereocenters. The summed E-state index contributed by atoms with van der Waals surface area (Å²) in [6, 6.07) is 12.0. The van der Waals surface area contributed by atoms with Crippen molar-refractivity contribution in [1.29, 1.82) is 0 Å². The number of phenols is 1. The summed E-state index contributed by atoms with van der Waals surface area (Å²) in [5, 5.41) is 21.5. The Hall–Kier alpha value is -2.33. The summed E-state index contributed by atoms with van der Waals surface area (Å²) in [6.07, 6.45) is 9.68. The summed E-state index contributed by atoms with van der Waals surface area (Å²) in [6.45, 7) is 0. The molecule has 5 rings (SSSR count). The van der Waals surface area contributed by atoms with Crippen molar-refractivity contribution in [3.05, 3.63) is 65.7 Å². The van der Waals surface area contributed by atoms with Crippen LogP contribution in [0.3, 0.4) is 0 Å². The molecule has 1 aromatic carbocycles. The Morgan fingerprint density at radius 1 is 0.889 bits per heavy atom. The minimum Gasteiger partial charge on any atom is -0.508 e. The molecule has 2 saturated carbocycles. The van der Waals surface area contributed by atoms with Gasteiger partial charge in [0.1, 0.15) is 5.75 Å². The number of nitrogens with zero attached hydrogens (tertiary/aromatic N) is 2. The number of hydrogen-bond acceptors (Lipinski definition) is 3. The van der Waals surface area contributed by atoms with Gasteiger partial charge in [0.15, 0.2) is 0 Å². The fraction of sp³-hybridized carbons (Fsp3) is 0.435. The number of hydrogen-bond donors (Lipinski definition) is 2. The van der Waals surface area contributed by atoms with E-state index in [0.29, 0.717) is 17.6 Å². The van der Waals surface area contributed by atoms with Crippen LogP contribution in [0.5, 0.6) is 5.75 Å². The van der Waals surface area contributed by atoms with Gasteiger partial charge >= 0.3 is 0 Å². The Labute approximate surface area is 159 Å². The van der Waals surface area contributed by atoms with Crippen molar-refractivity contribution in [2.24, 2.45) is 5.92 Å². The van der Waals surface area contributed by atoms with Crippen molar-refractivity contribution in [1.82, 2.24) is 9.38 Å². The third kappa shape index (κ3) is 3.02. The van der Waals surface area contributed by atoms with Crippen molar-refractivity contribution in [2.45, 2.75) is 56.5 Å². The third-order valence-corrected chi connectivity index (χ3v) is 6.55. The average Bonchev–Trinajstić information content (AvgIpc) is 3.44. The van der Waals surface area contributed by atoms with Crippen LogP contribution < -0.4 is 0 Å². The Kier molecular flexibility index (Phi) is 4.16. The van der Waals surface area contributed by atoms with Crippen LogP contribution in [0.25, 0.3) is 5.52 Å². The quantitative estimate of drug-likeness (QED) is 0.692. The summed E-state index contributed by atoms with van der Waals surface area (Å²) in [5.41, 5.74) is 4.46. The van der Waals surface area contributed by atoms with Crippen LogP contribution in [0.15, 0.2) is 48.9 Å². The second-order valence-corrected chi connectivity index (χ2v) is 8.25. The van der Waals surface area contributed by atoms with Crippen molar-refractivity contribution in [2.75, 3.05) is 0 Å². The van der Waals surface area contributed by atoms with E-state index in [4.69, 9.17) is 0 Å². The number of para-hydroxylation sites is 1. The molecule has 0 spiro atoms. The first-order valence-electron chi connectivity index (χ1n) is 10.1. The standard InChI is InChI=1S/C23H26N2O2/c26-21-4-2-1-3-19(21)15-7-9-17(10-8-15)23(27)22-20(16-5-6-16)12-11-18-13-24-14-25(18)22/h1-4,11-17,23,26-27H,5-10H2/t15-,17-,23-/m1/s1. The number of benzene rings is 1. The number of aliphatic hydroxyl groups is 1. The molecule has 2 fully saturated rings. The zero-order valence-electron chi connectivity index (χ0n) is 15.5. The van der Waals surface area contributed by atoms with Crippen LogP contribution in [0.4, 0.5) is 0 Å². The van der Waals surface area contributed by atoms with Crippen LogP contribution in [0.2, 0.25) is 0 Å². The first kappa shape index (κ1) is 16.8. The summed E-state index contributed by atoms with van der Waals surface area (Å²) < 4.78 is 2.09. The molecule has 0 saturated heterocycles. The van der Waals surface area contributed by atoms with E-state index in [1.165, 1.54) is 18.4 Å². The largest absolute Gasteiger partial charge is 0.508 e. The minimum absolute atomic E-state index is 0.262. The van der Waals surface area contributed by atoms with Gasteiger partial charge in [-0.3, -0.25) is 0 Å². The summed E-state index contributed by atoms with van der Waals surface area (Å²) in [5.74, 6) is 1.65. The van der Waals surface area contributed by atoms with Crippen molar-refractivity contribution < 1.29 is 10.2 Å². The molecule has 140 valence electrons. The molecule has 2 N–H and O–H groups in total. The highest BCUT2D eigenvalue weighted by atomic mass is 16.3. The molecule has 0 amide bonds. The number of aliphatic hydroxyl groups excluding tert-OH is 1. The lowest BCUT2D eigenvalue weighted by atomic mass is 9.75. The Morgan fingerprint density at radius 2 is 1.59 bits per heavy atom. The highest BCUT2D eigenvalue weighted by molar-refractivity contribution is 5.50. The second-order valence-electron chi connectivity index (χ2n) is 8.25. The van der Waals surface area contributed by atoms with Gasteiger partial charge in [0, 0.05) is 0 Å². The lowest BCUT2D eigenvalue weighted by Gasteiger charge is -2.33. The van der Waals surface area contributed by atoms with E-state index in [9.17, 15) is 10.2 Å². The van der Waals surface area contributed by atoms with Crippen molar-refractivity contribution >= 4 is 5.52 Å². The number of imidazole rings is 1. The van der Waals surface area contributed by atoms with Crippen molar-refractivity contribution in [3.63, 3.8) is 0 Å². The minimum atomic E-state index is -0.455. The number of aromatic nitrogens is 2. The smallest absolute Gasteiger partial charge is 0.119 e. The molecule has 0 bridgehead atoms. The van der Waals surface area contributed by atoms with Crippen LogP contribution in [0.1, 0.15) is 73.3 Å².